The van der Waals surface area contributed by atoms with E-state index in [4.69, 9.17) is 10.8 Å². The smallest absolute Gasteiger partial charge is 0.320 e. The second-order valence-electron chi connectivity index (χ2n) is 4.13. The lowest BCUT2D eigenvalue weighted by molar-refractivity contribution is -0.138. The van der Waals surface area contributed by atoms with Gasteiger partial charge in [0.2, 0.25) is 0 Å². The van der Waals surface area contributed by atoms with E-state index in [1.165, 1.54) is 24.1 Å². The summed E-state index contributed by atoms with van der Waals surface area (Å²) in [6.45, 7) is 0. The molecule has 82 valence electrons. The Bertz CT molecular complexity index is 371. The van der Waals surface area contributed by atoms with Gasteiger partial charge in [0.15, 0.2) is 0 Å². The molecule has 0 amide bonds. The molecule has 0 bridgehead atoms. The summed E-state index contributed by atoms with van der Waals surface area (Å²) < 4.78 is 0. The normalized spacial score (nSPS) is 17.1. The maximum atomic E-state index is 10.7. The number of hydrogen-bond donors (Lipinski definition) is 3. The zero-order valence-electron chi connectivity index (χ0n) is 8.62. The lowest BCUT2D eigenvalue weighted by Gasteiger charge is -2.13. The molecule has 0 fully saturated rings. The van der Waals surface area contributed by atoms with E-state index in [1.807, 2.05) is 6.20 Å². The molecule has 0 saturated heterocycles. The Morgan fingerprint density at radius 2 is 2.27 bits per heavy atom. The standard InChI is InChI=1S/C11H16N2O2/c12-9(11(14)15)5-7-6-13-10-4-2-1-3-8(7)10/h6,9,13H,1-5,12H2,(H,14,15)/t9-/m0/s1. The fourth-order valence-electron chi connectivity index (χ4n) is 2.19. The number of aryl methyl sites for hydroxylation is 1. The Labute approximate surface area is 88.5 Å². The average Bonchev–Trinajstić information content (AvgIpc) is 2.62. The average molecular weight is 208 g/mol. The van der Waals surface area contributed by atoms with Gasteiger partial charge < -0.3 is 15.8 Å². The molecule has 1 atom stereocenters. The molecule has 0 radical (unpaired) electrons. The van der Waals surface area contributed by atoms with Crippen LogP contribution >= 0.6 is 0 Å². The molecule has 4 N–H and O–H groups in total. The summed E-state index contributed by atoms with van der Waals surface area (Å²) in [5.74, 6) is -0.930. The Hall–Kier alpha value is -1.29. The van der Waals surface area contributed by atoms with Crippen LogP contribution in [0.15, 0.2) is 6.20 Å². The number of aromatic amines is 1. The monoisotopic (exact) mass is 208 g/mol. The number of aromatic nitrogens is 1. The van der Waals surface area contributed by atoms with Gasteiger partial charge in [0, 0.05) is 11.9 Å². The first-order valence-electron chi connectivity index (χ1n) is 5.35. The summed E-state index contributed by atoms with van der Waals surface area (Å²) in [4.78, 5) is 13.9. The largest absolute Gasteiger partial charge is 0.480 e. The molecule has 0 spiro atoms. The minimum absolute atomic E-state index is 0.432. The molecule has 1 aromatic heterocycles. The van der Waals surface area contributed by atoms with Gasteiger partial charge in [-0.2, -0.15) is 0 Å². The van der Waals surface area contributed by atoms with Gasteiger partial charge in [0.25, 0.3) is 0 Å². The summed E-state index contributed by atoms with van der Waals surface area (Å²) in [6.07, 6.45) is 6.90. The molecule has 0 saturated carbocycles. The number of H-pyrrole nitrogens is 1. The van der Waals surface area contributed by atoms with Crippen LogP contribution in [0.5, 0.6) is 0 Å². The molecule has 1 aromatic rings. The number of nitrogens with one attached hydrogen (secondary N) is 1. The first-order valence-corrected chi connectivity index (χ1v) is 5.35. The van der Waals surface area contributed by atoms with Crippen molar-refractivity contribution in [3.05, 3.63) is 23.0 Å². The predicted octanol–water partition coefficient (Wildman–Crippen LogP) is 0.848. The molecule has 1 aliphatic carbocycles. The number of carbonyl (C=O) groups is 1. The maximum Gasteiger partial charge on any atom is 0.320 e. The third kappa shape index (κ3) is 2.04. The van der Waals surface area contributed by atoms with E-state index in [2.05, 4.69) is 4.98 Å². The van der Waals surface area contributed by atoms with Gasteiger partial charge in [-0.15, -0.1) is 0 Å². The summed E-state index contributed by atoms with van der Waals surface area (Å²) >= 11 is 0. The molecule has 15 heavy (non-hydrogen) atoms. The molecule has 0 aliphatic heterocycles. The summed E-state index contributed by atoms with van der Waals surface area (Å²) in [5.41, 5.74) is 9.19. The Balaban J connectivity index is 2.15. The second kappa shape index (κ2) is 4.06. The number of carboxylic acids is 1. The van der Waals surface area contributed by atoms with Gasteiger partial charge in [0.05, 0.1) is 0 Å². The van der Waals surface area contributed by atoms with Crippen LogP contribution in [0.25, 0.3) is 0 Å². The van der Waals surface area contributed by atoms with Gasteiger partial charge in [-0.25, -0.2) is 0 Å². The lowest BCUT2D eigenvalue weighted by atomic mass is 9.93. The van der Waals surface area contributed by atoms with Crippen LogP contribution in [-0.2, 0) is 24.1 Å². The van der Waals surface area contributed by atoms with Crippen molar-refractivity contribution in [1.29, 1.82) is 0 Å². The van der Waals surface area contributed by atoms with Crippen molar-refractivity contribution in [3.8, 4) is 0 Å². The number of rotatable bonds is 3. The minimum Gasteiger partial charge on any atom is -0.480 e. The van der Waals surface area contributed by atoms with Crippen LogP contribution in [0.4, 0.5) is 0 Å². The van der Waals surface area contributed by atoms with Crippen LogP contribution < -0.4 is 5.73 Å². The summed E-state index contributed by atoms with van der Waals surface area (Å²) in [7, 11) is 0. The van der Waals surface area contributed by atoms with E-state index >= 15 is 0 Å². The van der Waals surface area contributed by atoms with Gasteiger partial charge >= 0.3 is 5.97 Å². The van der Waals surface area contributed by atoms with Crippen LogP contribution in [0, 0.1) is 0 Å². The first-order chi connectivity index (χ1) is 7.18. The minimum atomic E-state index is -0.930. The van der Waals surface area contributed by atoms with E-state index < -0.39 is 12.0 Å². The number of hydrogen-bond acceptors (Lipinski definition) is 2. The Morgan fingerprint density at radius 3 is 3.00 bits per heavy atom. The van der Waals surface area contributed by atoms with Crippen LogP contribution in [0.2, 0.25) is 0 Å². The third-order valence-electron chi connectivity index (χ3n) is 3.03. The van der Waals surface area contributed by atoms with Gasteiger partial charge in [0.1, 0.15) is 6.04 Å². The van der Waals surface area contributed by atoms with Crippen molar-refractivity contribution in [2.75, 3.05) is 0 Å². The quantitative estimate of drug-likeness (QED) is 0.689. The molecule has 0 unspecified atom stereocenters. The fourth-order valence-corrected chi connectivity index (χ4v) is 2.19. The highest BCUT2D eigenvalue weighted by Gasteiger charge is 2.19. The van der Waals surface area contributed by atoms with Crippen molar-refractivity contribution in [1.82, 2.24) is 4.98 Å². The van der Waals surface area contributed by atoms with Crippen molar-refractivity contribution >= 4 is 5.97 Å². The van der Waals surface area contributed by atoms with Crippen LogP contribution in [-0.4, -0.2) is 22.1 Å². The highest BCUT2D eigenvalue weighted by atomic mass is 16.4. The maximum absolute atomic E-state index is 10.7. The molecule has 0 aromatic carbocycles. The zero-order chi connectivity index (χ0) is 10.8. The van der Waals surface area contributed by atoms with Crippen molar-refractivity contribution in [2.24, 2.45) is 5.73 Å². The molecular weight excluding hydrogens is 192 g/mol. The van der Waals surface area contributed by atoms with Crippen molar-refractivity contribution < 1.29 is 9.90 Å². The Kier molecular flexibility index (Phi) is 2.77. The highest BCUT2D eigenvalue weighted by molar-refractivity contribution is 5.73. The molecular formula is C11H16N2O2. The molecule has 2 rings (SSSR count). The Morgan fingerprint density at radius 1 is 1.53 bits per heavy atom. The number of nitrogens with two attached hydrogens (primary N) is 1. The van der Waals surface area contributed by atoms with Gasteiger partial charge in [-0.3, -0.25) is 4.79 Å². The molecule has 1 aliphatic rings. The lowest BCUT2D eigenvalue weighted by Crippen LogP contribution is -2.32. The highest BCUT2D eigenvalue weighted by Crippen LogP contribution is 2.24. The molecule has 4 heteroatoms. The SMILES string of the molecule is N[C@@H](Cc1c[nH]c2c1CCCC2)C(=O)O. The fraction of sp³-hybridized carbons (Fsp3) is 0.545. The van der Waals surface area contributed by atoms with Crippen molar-refractivity contribution in [2.45, 2.75) is 38.1 Å². The number of fused-ring (bicyclic) bond motifs is 1. The van der Waals surface area contributed by atoms with E-state index in [0.29, 0.717) is 6.42 Å². The number of carboxylic acid groups (broad SMARTS) is 1. The topological polar surface area (TPSA) is 79.1 Å². The van der Waals surface area contributed by atoms with E-state index in [-0.39, 0.29) is 0 Å². The van der Waals surface area contributed by atoms with E-state index in [9.17, 15) is 4.79 Å². The second-order valence-corrected chi connectivity index (χ2v) is 4.13. The van der Waals surface area contributed by atoms with Crippen molar-refractivity contribution in [3.63, 3.8) is 0 Å². The van der Waals surface area contributed by atoms with Gasteiger partial charge in [-0.1, -0.05) is 0 Å². The third-order valence-corrected chi connectivity index (χ3v) is 3.03. The zero-order valence-corrected chi connectivity index (χ0v) is 8.62. The van der Waals surface area contributed by atoms with E-state index in [0.717, 1.165) is 18.4 Å². The van der Waals surface area contributed by atoms with Crippen LogP contribution in [0.3, 0.4) is 0 Å². The first kappa shape index (κ1) is 10.2. The predicted molar refractivity (Wildman–Crippen MR) is 56.7 cm³/mol. The summed E-state index contributed by atoms with van der Waals surface area (Å²) in [5, 5.41) is 8.75. The van der Waals surface area contributed by atoms with Gasteiger partial charge in [-0.05, 0) is 43.2 Å². The van der Waals surface area contributed by atoms with Crippen LogP contribution in [0.1, 0.15) is 29.7 Å². The molecule has 4 nitrogen and oxygen atoms in total. The van der Waals surface area contributed by atoms with E-state index in [1.54, 1.807) is 0 Å². The summed E-state index contributed by atoms with van der Waals surface area (Å²) in [6, 6.07) is -0.785. The molecule has 1 heterocycles. The number of aliphatic carboxylic acids is 1.